The van der Waals surface area contributed by atoms with Crippen LogP contribution in [0.5, 0.6) is 0 Å². The maximum Gasteiger partial charge on any atom is 0.138 e. The Morgan fingerprint density at radius 1 is 1.53 bits per heavy atom. The van der Waals surface area contributed by atoms with Crippen molar-refractivity contribution in [2.45, 2.75) is 51.7 Å². The highest BCUT2D eigenvalue weighted by Crippen LogP contribution is 2.41. The van der Waals surface area contributed by atoms with Gasteiger partial charge in [0.25, 0.3) is 0 Å². The lowest BCUT2D eigenvalue weighted by molar-refractivity contribution is -0.0832. The average Bonchev–Trinajstić information content (AvgIpc) is 2.82. The average molecular weight is 238 g/mol. The molecule has 1 aliphatic carbocycles. The van der Waals surface area contributed by atoms with Gasteiger partial charge < -0.3 is 14.8 Å². The Balaban J connectivity index is 2.21. The minimum Gasteiger partial charge on any atom is -0.390 e. The SMILES string of the molecule is CCOC1(c2ncc(CO)[nH]2)CCC(C)CC1. The molecule has 0 bridgehead atoms. The number of aromatic amines is 1. The lowest BCUT2D eigenvalue weighted by atomic mass is 9.79. The molecule has 2 rings (SSSR count). The van der Waals surface area contributed by atoms with Crippen LogP contribution in [0, 0.1) is 5.92 Å². The van der Waals surface area contributed by atoms with E-state index in [1.54, 1.807) is 6.20 Å². The Morgan fingerprint density at radius 2 is 2.24 bits per heavy atom. The van der Waals surface area contributed by atoms with E-state index in [1.165, 1.54) is 12.8 Å². The molecule has 4 nitrogen and oxygen atoms in total. The third-order valence-corrected chi connectivity index (χ3v) is 3.73. The second-order valence-corrected chi connectivity index (χ2v) is 5.02. The van der Waals surface area contributed by atoms with Crippen LogP contribution in [0.15, 0.2) is 6.20 Å². The summed E-state index contributed by atoms with van der Waals surface area (Å²) in [6.45, 7) is 5.02. The summed E-state index contributed by atoms with van der Waals surface area (Å²) in [7, 11) is 0. The highest BCUT2D eigenvalue weighted by Gasteiger charge is 2.39. The van der Waals surface area contributed by atoms with Crippen LogP contribution in [0.1, 0.15) is 51.0 Å². The van der Waals surface area contributed by atoms with E-state index in [0.29, 0.717) is 6.61 Å². The van der Waals surface area contributed by atoms with Crippen molar-refractivity contribution >= 4 is 0 Å². The molecule has 0 aliphatic heterocycles. The van der Waals surface area contributed by atoms with Gasteiger partial charge >= 0.3 is 0 Å². The van der Waals surface area contributed by atoms with Gasteiger partial charge in [0.1, 0.15) is 11.4 Å². The summed E-state index contributed by atoms with van der Waals surface area (Å²) in [5.74, 6) is 1.66. The van der Waals surface area contributed by atoms with E-state index in [9.17, 15) is 0 Å². The number of nitrogens with one attached hydrogen (secondary N) is 1. The molecule has 1 saturated carbocycles. The van der Waals surface area contributed by atoms with Crippen LogP contribution < -0.4 is 0 Å². The number of nitrogens with zero attached hydrogens (tertiary/aromatic N) is 1. The van der Waals surface area contributed by atoms with E-state index in [2.05, 4.69) is 16.9 Å². The van der Waals surface area contributed by atoms with Gasteiger partial charge in [0.05, 0.1) is 18.5 Å². The van der Waals surface area contributed by atoms with Crippen LogP contribution in [0.2, 0.25) is 0 Å². The third-order valence-electron chi connectivity index (χ3n) is 3.73. The molecule has 4 heteroatoms. The van der Waals surface area contributed by atoms with Crippen molar-refractivity contribution in [2.75, 3.05) is 6.61 Å². The molecule has 0 radical (unpaired) electrons. The van der Waals surface area contributed by atoms with Crippen LogP contribution in [0.3, 0.4) is 0 Å². The van der Waals surface area contributed by atoms with Gasteiger partial charge in [0, 0.05) is 6.61 Å². The Bertz CT molecular complexity index is 354. The zero-order chi connectivity index (χ0) is 12.3. The van der Waals surface area contributed by atoms with Crippen molar-refractivity contribution in [2.24, 2.45) is 5.92 Å². The molecule has 1 aromatic heterocycles. The normalized spacial score (nSPS) is 29.5. The molecular formula is C13H22N2O2. The number of aromatic nitrogens is 2. The Kier molecular flexibility index (Phi) is 3.84. The number of aliphatic hydroxyl groups excluding tert-OH is 1. The molecule has 0 aromatic carbocycles. The van der Waals surface area contributed by atoms with Gasteiger partial charge in [-0.25, -0.2) is 4.98 Å². The second kappa shape index (κ2) is 5.19. The molecule has 1 aliphatic rings. The first kappa shape index (κ1) is 12.6. The molecule has 0 amide bonds. The molecule has 2 N–H and O–H groups in total. The Labute approximate surface area is 102 Å². The smallest absolute Gasteiger partial charge is 0.138 e. The van der Waals surface area contributed by atoms with Gasteiger partial charge in [0.2, 0.25) is 0 Å². The van der Waals surface area contributed by atoms with E-state index >= 15 is 0 Å². The molecule has 17 heavy (non-hydrogen) atoms. The molecule has 1 aromatic rings. The molecule has 0 saturated heterocycles. The van der Waals surface area contributed by atoms with Crippen LogP contribution >= 0.6 is 0 Å². The number of imidazole rings is 1. The maximum absolute atomic E-state index is 9.09. The molecule has 1 heterocycles. The first-order valence-electron chi connectivity index (χ1n) is 6.49. The number of aliphatic hydroxyl groups is 1. The predicted molar refractivity (Wildman–Crippen MR) is 65.4 cm³/mol. The summed E-state index contributed by atoms with van der Waals surface area (Å²) < 4.78 is 5.99. The Hall–Kier alpha value is -0.870. The fourth-order valence-corrected chi connectivity index (χ4v) is 2.63. The third kappa shape index (κ3) is 2.53. The zero-order valence-electron chi connectivity index (χ0n) is 10.7. The first-order valence-corrected chi connectivity index (χ1v) is 6.49. The van der Waals surface area contributed by atoms with E-state index in [-0.39, 0.29) is 12.2 Å². The number of rotatable bonds is 4. The summed E-state index contributed by atoms with van der Waals surface area (Å²) >= 11 is 0. The fourth-order valence-electron chi connectivity index (χ4n) is 2.63. The summed E-state index contributed by atoms with van der Waals surface area (Å²) in [5.41, 5.74) is 0.506. The summed E-state index contributed by atoms with van der Waals surface area (Å²) in [6, 6.07) is 0. The minimum absolute atomic E-state index is 0.00556. The first-order chi connectivity index (χ1) is 8.20. The minimum atomic E-state index is -0.255. The number of ether oxygens (including phenoxy) is 1. The van der Waals surface area contributed by atoms with Crippen LogP contribution in [0.4, 0.5) is 0 Å². The van der Waals surface area contributed by atoms with Crippen molar-refractivity contribution < 1.29 is 9.84 Å². The van der Waals surface area contributed by atoms with Crippen molar-refractivity contribution in [1.29, 1.82) is 0 Å². The van der Waals surface area contributed by atoms with Crippen molar-refractivity contribution in [3.63, 3.8) is 0 Å². The van der Waals surface area contributed by atoms with Crippen molar-refractivity contribution in [3.05, 3.63) is 17.7 Å². The van der Waals surface area contributed by atoms with E-state index in [4.69, 9.17) is 9.84 Å². The summed E-state index contributed by atoms with van der Waals surface area (Å²) in [5, 5.41) is 9.09. The molecule has 0 atom stereocenters. The van der Waals surface area contributed by atoms with E-state index in [1.807, 2.05) is 6.92 Å². The highest BCUT2D eigenvalue weighted by atomic mass is 16.5. The summed E-state index contributed by atoms with van der Waals surface area (Å²) in [6.07, 6.45) is 6.08. The summed E-state index contributed by atoms with van der Waals surface area (Å²) in [4.78, 5) is 7.57. The molecular weight excluding hydrogens is 216 g/mol. The second-order valence-electron chi connectivity index (χ2n) is 5.02. The van der Waals surface area contributed by atoms with Crippen LogP contribution in [-0.2, 0) is 16.9 Å². The maximum atomic E-state index is 9.09. The van der Waals surface area contributed by atoms with Gasteiger partial charge in [-0.05, 0) is 38.5 Å². The monoisotopic (exact) mass is 238 g/mol. The lowest BCUT2D eigenvalue weighted by Gasteiger charge is -2.37. The van der Waals surface area contributed by atoms with Crippen molar-refractivity contribution in [3.8, 4) is 0 Å². The predicted octanol–water partition coefficient (Wildman–Crippen LogP) is 2.34. The molecule has 0 unspecified atom stereocenters. The standard InChI is InChI=1S/C13H22N2O2/c1-3-17-13(6-4-10(2)5-7-13)12-14-8-11(9-16)15-12/h8,10,16H,3-7,9H2,1-2H3,(H,14,15). The number of H-pyrrole nitrogens is 1. The fraction of sp³-hybridized carbons (Fsp3) is 0.769. The van der Waals surface area contributed by atoms with E-state index in [0.717, 1.165) is 30.3 Å². The Morgan fingerprint density at radius 3 is 2.76 bits per heavy atom. The number of hydrogen-bond acceptors (Lipinski definition) is 3. The van der Waals surface area contributed by atoms with Crippen LogP contribution in [-0.4, -0.2) is 21.7 Å². The zero-order valence-corrected chi connectivity index (χ0v) is 10.7. The molecule has 1 fully saturated rings. The lowest BCUT2D eigenvalue weighted by Crippen LogP contribution is -2.35. The van der Waals surface area contributed by atoms with Gasteiger partial charge in [-0.2, -0.15) is 0 Å². The number of hydrogen-bond donors (Lipinski definition) is 2. The van der Waals surface area contributed by atoms with Crippen molar-refractivity contribution in [1.82, 2.24) is 9.97 Å². The van der Waals surface area contributed by atoms with Gasteiger partial charge in [0.15, 0.2) is 0 Å². The highest BCUT2D eigenvalue weighted by molar-refractivity contribution is 5.10. The topological polar surface area (TPSA) is 58.1 Å². The van der Waals surface area contributed by atoms with Gasteiger partial charge in [-0.15, -0.1) is 0 Å². The molecule has 0 spiro atoms. The van der Waals surface area contributed by atoms with Gasteiger partial charge in [-0.1, -0.05) is 6.92 Å². The van der Waals surface area contributed by atoms with Gasteiger partial charge in [-0.3, -0.25) is 0 Å². The quantitative estimate of drug-likeness (QED) is 0.846. The van der Waals surface area contributed by atoms with E-state index < -0.39 is 0 Å². The molecule has 96 valence electrons. The van der Waals surface area contributed by atoms with Crippen LogP contribution in [0.25, 0.3) is 0 Å². The largest absolute Gasteiger partial charge is 0.390 e.